The quantitative estimate of drug-likeness (QED) is 0.400. The summed E-state index contributed by atoms with van der Waals surface area (Å²) in [4.78, 5) is 21.6. The maximum Gasteiger partial charge on any atom is 0.251 e. The first-order chi connectivity index (χ1) is 16.0. The Kier molecular flexibility index (Phi) is 6.90. The molecule has 0 atom stereocenters. The van der Waals surface area contributed by atoms with Crippen LogP contribution in [-0.4, -0.2) is 32.9 Å². The number of benzene rings is 1. The van der Waals surface area contributed by atoms with Gasteiger partial charge >= 0.3 is 0 Å². The summed E-state index contributed by atoms with van der Waals surface area (Å²) >= 11 is 0. The topological polar surface area (TPSA) is 95.1 Å². The van der Waals surface area contributed by atoms with Crippen molar-refractivity contribution in [3.05, 3.63) is 47.9 Å². The Morgan fingerprint density at radius 2 is 2.03 bits per heavy atom. The highest BCUT2D eigenvalue weighted by Crippen LogP contribution is 2.25. The number of amides is 1. The van der Waals surface area contributed by atoms with Gasteiger partial charge in [0.1, 0.15) is 5.69 Å². The molecule has 7 nitrogen and oxygen atoms in total. The molecule has 1 saturated carbocycles. The second-order valence-electron chi connectivity index (χ2n) is 8.73. The SMILES string of the molecule is CC(C)CNc1nc(C#CCCCC#N)cn2c(-c3ccc(C(=O)NC4CC4)cc3)cnc12. The first kappa shape index (κ1) is 22.4. The largest absolute Gasteiger partial charge is 0.367 e. The third kappa shape index (κ3) is 5.70. The van der Waals surface area contributed by atoms with Crippen molar-refractivity contribution in [2.75, 3.05) is 11.9 Å². The van der Waals surface area contributed by atoms with E-state index < -0.39 is 0 Å². The van der Waals surface area contributed by atoms with Crippen molar-refractivity contribution in [2.45, 2.75) is 52.0 Å². The molecule has 2 aromatic heterocycles. The zero-order valence-corrected chi connectivity index (χ0v) is 19.1. The predicted molar refractivity (Wildman–Crippen MR) is 129 cm³/mol. The summed E-state index contributed by atoms with van der Waals surface area (Å²) in [6.45, 7) is 5.05. The molecule has 2 heterocycles. The second kappa shape index (κ2) is 10.2. The van der Waals surface area contributed by atoms with Crippen LogP contribution in [0.5, 0.6) is 0 Å². The number of fused-ring (bicyclic) bond motifs is 1. The number of hydrogen-bond acceptors (Lipinski definition) is 5. The van der Waals surface area contributed by atoms with Crippen molar-refractivity contribution in [1.82, 2.24) is 19.7 Å². The lowest BCUT2D eigenvalue weighted by atomic mass is 10.1. The fourth-order valence-electron chi connectivity index (χ4n) is 3.38. The highest BCUT2D eigenvalue weighted by molar-refractivity contribution is 5.95. The zero-order chi connectivity index (χ0) is 23.2. The third-order valence-electron chi connectivity index (χ3n) is 5.33. The number of aromatic nitrogens is 3. The Hall–Kier alpha value is -3.84. The zero-order valence-electron chi connectivity index (χ0n) is 19.1. The molecule has 0 bridgehead atoms. The van der Waals surface area contributed by atoms with E-state index in [0.29, 0.717) is 41.9 Å². The molecule has 1 fully saturated rings. The van der Waals surface area contributed by atoms with Crippen molar-refractivity contribution in [1.29, 1.82) is 5.26 Å². The summed E-state index contributed by atoms with van der Waals surface area (Å²) in [5, 5.41) is 15.1. The van der Waals surface area contributed by atoms with Crippen molar-refractivity contribution in [3.63, 3.8) is 0 Å². The van der Waals surface area contributed by atoms with Gasteiger partial charge in [-0.1, -0.05) is 31.9 Å². The lowest BCUT2D eigenvalue weighted by Crippen LogP contribution is -2.25. The minimum atomic E-state index is -0.0273. The van der Waals surface area contributed by atoms with Crippen molar-refractivity contribution in [3.8, 4) is 29.2 Å². The average molecular weight is 441 g/mol. The van der Waals surface area contributed by atoms with Crippen molar-refractivity contribution in [2.24, 2.45) is 5.92 Å². The Morgan fingerprint density at radius 3 is 2.73 bits per heavy atom. The average Bonchev–Trinajstić information content (AvgIpc) is 3.52. The standard InChI is InChI=1S/C26H28N6O/c1-18(2)15-28-24-25-29-16-23(32(25)17-22(30-24)7-5-3-4-6-14-27)19-8-10-20(11-9-19)26(33)31-21-12-13-21/h8-11,16-18,21H,3-4,6,12-13,15H2,1-2H3,(H,28,30)(H,31,33). The lowest BCUT2D eigenvalue weighted by Gasteiger charge is -2.11. The van der Waals surface area contributed by atoms with Crippen LogP contribution in [0.25, 0.3) is 16.9 Å². The molecule has 0 spiro atoms. The van der Waals surface area contributed by atoms with Crippen LogP contribution in [0.4, 0.5) is 5.82 Å². The number of unbranched alkanes of at least 4 members (excludes halogenated alkanes) is 2. The maximum absolute atomic E-state index is 12.3. The van der Waals surface area contributed by atoms with Crippen LogP contribution < -0.4 is 10.6 Å². The molecule has 168 valence electrons. The molecule has 0 saturated heterocycles. The van der Waals surface area contributed by atoms with Gasteiger partial charge in [0.15, 0.2) is 11.5 Å². The van der Waals surface area contributed by atoms with E-state index in [2.05, 4.69) is 52.4 Å². The normalized spacial score (nSPS) is 12.8. The first-order valence-corrected chi connectivity index (χ1v) is 11.4. The van der Waals surface area contributed by atoms with E-state index >= 15 is 0 Å². The number of imidazole rings is 1. The Morgan fingerprint density at radius 1 is 1.24 bits per heavy atom. The van der Waals surface area contributed by atoms with Gasteiger partial charge in [0, 0.05) is 42.8 Å². The number of anilines is 1. The number of nitrogens with zero attached hydrogens (tertiary/aromatic N) is 4. The highest BCUT2D eigenvalue weighted by atomic mass is 16.1. The van der Waals surface area contributed by atoms with Gasteiger partial charge in [0.2, 0.25) is 0 Å². The molecule has 33 heavy (non-hydrogen) atoms. The molecule has 0 aliphatic heterocycles. The molecule has 0 unspecified atom stereocenters. The summed E-state index contributed by atoms with van der Waals surface area (Å²) < 4.78 is 1.99. The van der Waals surface area contributed by atoms with E-state index in [0.717, 1.165) is 42.7 Å². The number of nitrogens with one attached hydrogen (secondary N) is 2. The fourth-order valence-corrected chi connectivity index (χ4v) is 3.38. The Bertz CT molecular complexity index is 1240. The Balaban J connectivity index is 1.65. The maximum atomic E-state index is 12.3. The summed E-state index contributed by atoms with van der Waals surface area (Å²) in [5.74, 6) is 7.37. The van der Waals surface area contributed by atoms with Crippen molar-refractivity contribution < 1.29 is 4.79 Å². The molecule has 1 amide bonds. The van der Waals surface area contributed by atoms with Gasteiger partial charge in [-0.2, -0.15) is 5.26 Å². The van der Waals surface area contributed by atoms with E-state index in [1.54, 1.807) is 0 Å². The van der Waals surface area contributed by atoms with E-state index in [9.17, 15) is 4.79 Å². The fraction of sp³-hybridized carbons (Fsp3) is 0.385. The second-order valence-corrected chi connectivity index (χ2v) is 8.73. The monoisotopic (exact) mass is 440 g/mol. The van der Waals surface area contributed by atoms with Gasteiger partial charge in [-0.3, -0.25) is 9.20 Å². The molecule has 4 rings (SSSR count). The number of rotatable bonds is 8. The molecular weight excluding hydrogens is 412 g/mol. The summed E-state index contributed by atoms with van der Waals surface area (Å²) in [7, 11) is 0. The van der Waals surface area contributed by atoms with Crippen LogP contribution >= 0.6 is 0 Å². The van der Waals surface area contributed by atoms with Crippen LogP contribution in [-0.2, 0) is 0 Å². The van der Waals surface area contributed by atoms with Gasteiger partial charge in [-0.05, 0) is 43.2 Å². The van der Waals surface area contributed by atoms with Crippen LogP contribution in [0.1, 0.15) is 62.0 Å². The lowest BCUT2D eigenvalue weighted by molar-refractivity contribution is 0.0951. The molecule has 0 radical (unpaired) electrons. The molecule has 7 heteroatoms. The van der Waals surface area contributed by atoms with Crippen LogP contribution in [0, 0.1) is 29.1 Å². The molecule has 1 aliphatic rings. The highest BCUT2D eigenvalue weighted by Gasteiger charge is 2.23. The summed E-state index contributed by atoms with van der Waals surface area (Å²) in [6.07, 6.45) is 7.75. The number of carbonyl (C=O) groups is 1. The van der Waals surface area contributed by atoms with Gasteiger partial charge < -0.3 is 10.6 Å². The molecular formula is C26H28N6O. The van der Waals surface area contributed by atoms with Gasteiger partial charge in [0.05, 0.1) is 18.0 Å². The number of hydrogen-bond donors (Lipinski definition) is 2. The summed E-state index contributed by atoms with van der Waals surface area (Å²) in [5.41, 5.74) is 3.90. The Labute approximate surface area is 194 Å². The van der Waals surface area contributed by atoms with Crippen LogP contribution in [0.3, 0.4) is 0 Å². The predicted octanol–water partition coefficient (Wildman–Crippen LogP) is 4.40. The van der Waals surface area contributed by atoms with E-state index in [1.165, 1.54) is 0 Å². The smallest absolute Gasteiger partial charge is 0.251 e. The molecule has 3 aromatic rings. The van der Waals surface area contributed by atoms with E-state index in [-0.39, 0.29) is 5.91 Å². The van der Waals surface area contributed by atoms with E-state index in [1.807, 2.05) is 41.1 Å². The third-order valence-corrected chi connectivity index (χ3v) is 5.33. The molecule has 1 aromatic carbocycles. The minimum absolute atomic E-state index is 0.0273. The van der Waals surface area contributed by atoms with Gasteiger partial charge in [-0.25, -0.2) is 9.97 Å². The molecule has 2 N–H and O–H groups in total. The van der Waals surface area contributed by atoms with Gasteiger partial charge in [0.25, 0.3) is 5.91 Å². The first-order valence-electron chi connectivity index (χ1n) is 11.4. The number of nitriles is 1. The van der Waals surface area contributed by atoms with Gasteiger partial charge in [-0.15, -0.1) is 0 Å². The molecule has 1 aliphatic carbocycles. The number of carbonyl (C=O) groups excluding carboxylic acids is 1. The van der Waals surface area contributed by atoms with Crippen LogP contribution in [0.2, 0.25) is 0 Å². The van der Waals surface area contributed by atoms with Crippen LogP contribution in [0.15, 0.2) is 36.7 Å². The van der Waals surface area contributed by atoms with E-state index in [4.69, 9.17) is 5.26 Å². The van der Waals surface area contributed by atoms with Crippen molar-refractivity contribution >= 4 is 17.4 Å². The minimum Gasteiger partial charge on any atom is -0.367 e. The summed E-state index contributed by atoms with van der Waals surface area (Å²) in [6, 6.07) is 10.1.